The minimum atomic E-state index is 0.831. The average Bonchev–Trinajstić information content (AvgIpc) is 2.77. The van der Waals surface area contributed by atoms with Crippen molar-refractivity contribution in [3.8, 4) is 0 Å². The van der Waals surface area contributed by atoms with Gasteiger partial charge in [-0.2, -0.15) is 0 Å². The lowest BCUT2D eigenvalue weighted by Crippen LogP contribution is -2.23. The summed E-state index contributed by atoms with van der Waals surface area (Å²) in [5, 5.41) is 4.30. The molecule has 0 saturated carbocycles. The Labute approximate surface area is 115 Å². The first kappa shape index (κ1) is 13.7. The van der Waals surface area contributed by atoms with Crippen LogP contribution in [0.3, 0.4) is 0 Å². The summed E-state index contributed by atoms with van der Waals surface area (Å²) in [5.41, 5.74) is 3.69. The van der Waals surface area contributed by atoms with Gasteiger partial charge in [-0.25, -0.2) is 0 Å². The molecule has 2 nitrogen and oxygen atoms in total. The number of nitrogens with zero attached hydrogens (tertiary/aromatic N) is 1. The summed E-state index contributed by atoms with van der Waals surface area (Å²) < 4.78 is 0. The molecular weight excluding hydrogens is 244 g/mol. The zero-order valence-electron chi connectivity index (χ0n) is 11.6. The molecule has 0 bridgehead atoms. The molecule has 1 aliphatic heterocycles. The van der Waals surface area contributed by atoms with Crippen molar-refractivity contribution >= 4 is 17.3 Å². The Kier molecular flexibility index (Phi) is 4.52. The van der Waals surface area contributed by atoms with Crippen molar-refractivity contribution in [2.45, 2.75) is 26.7 Å². The van der Waals surface area contributed by atoms with Crippen LogP contribution in [0, 0.1) is 19.8 Å². The number of aryl methyl sites for hydroxylation is 2. The summed E-state index contributed by atoms with van der Waals surface area (Å²) >= 11 is 6.37. The van der Waals surface area contributed by atoms with Gasteiger partial charge in [0.15, 0.2) is 0 Å². The van der Waals surface area contributed by atoms with Crippen molar-refractivity contribution in [2.24, 2.45) is 5.92 Å². The predicted octanol–water partition coefficient (Wildman–Crippen LogP) is 3.39. The predicted molar refractivity (Wildman–Crippen MR) is 79.8 cm³/mol. The summed E-state index contributed by atoms with van der Waals surface area (Å²) in [5.74, 6) is 0.831. The third kappa shape index (κ3) is 3.18. The molecule has 0 amide bonds. The van der Waals surface area contributed by atoms with Crippen molar-refractivity contribution in [1.29, 1.82) is 0 Å². The van der Waals surface area contributed by atoms with Crippen LogP contribution < -0.4 is 10.2 Å². The van der Waals surface area contributed by atoms with Gasteiger partial charge in [-0.3, -0.25) is 0 Å². The summed E-state index contributed by atoms with van der Waals surface area (Å²) in [6, 6.07) is 4.26. The molecule has 1 heterocycles. The van der Waals surface area contributed by atoms with E-state index in [1.54, 1.807) is 0 Å². The van der Waals surface area contributed by atoms with E-state index >= 15 is 0 Å². The second-order valence-corrected chi connectivity index (χ2v) is 5.89. The smallest absolute Gasteiger partial charge is 0.0644 e. The molecule has 1 aromatic rings. The molecular formula is C15H23ClN2. The molecule has 0 radical (unpaired) electrons. The lowest BCUT2D eigenvalue weighted by atomic mass is 10.0. The van der Waals surface area contributed by atoms with E-state index in [1.165, 1.54) is 42.7 Å². The topological polar surface area (TPSA) is 15.3 Å². The Balaban J connectivity index is 2.01. The Morgan fingerprint density at radius 1 is 1.39 bits per heavy atom. The van der Waals surface area contributed by atoms with Gasteiger partial charge >= 0.3 is 0 Å². The van der Waals surface area contributed by atoms with E-state index in [1.807, 2.05) is 0 Å². The fourth-order valence-electron chi connectivity index (χ4n) is 2.84. The molecule has 1 unspecified atom stereocenters. The lowest BCUT2D eigenvalue weighted by molar-refractivity contribution is 0.533. The van der Waals surface area contributed by atoms with Gasteiger partial charge in [0.2, 0.25) is 0 Å². The van der Waals surface area contributed by atoms with Crippen LogP contribution in [0.4, 0.5) is 5.69 Å². The van der Waals surface area contributed by atoms with Crippen molar-refractivity contribution in [2.75, 3.05) is 31.6 Å². The molecule has 1 aromatic carbocycles. The number of halogens is 1. The van der Waals surface area contributed by atoms with Crippen molar-refractivity contribution in [3.63, 3.8) is 0 Å². The van der Waals surface area contributed by atoms with E-state index in [9.17, 15) is 0 Å². The number of benzene rings is 1. The maximum Gasteiger partial charge on any atom is 0.0644 e. The van der Waals surface area contributed by atoms with Gasteiger partial charge in [-0.05, 0) is 62.9 Å². The summed E-state index contributed by atoms with van der Waals surface area (Å²) in [7, 11) is 2.14. The third-order valence-electron chi connectivity index (χ3n) is 3.82. The van der Waals surface area contributed by atoms with E-state index in [-0.39, 0.29) is 0 Å². The molecule has 100 valence electrons. The Bertz CT molecular complexity index is 388. The van der Waals surface area contributed by atoms with Crippen LogP contribution in [0.15, 0.2) is 12.1 Å². The van der Waals surface area contributed by atoms with E-state index in [0.717, 1.165) is 17.5 Å². The molecule has 0 aliphatic carbocycles. The Hall–Kier alpha value is -0.730. The number of anilines is 1. The molecule has 1 fully saturated rings. The highest BCUT2D eigenvalue weighted by Crippen LogP contribution is 2.30. The first-order valence-electron chi connectivity index (χ1n) is 6.76. The van der Waals surface area contributed by atoms with E-state index in [4.69, 9.17) is 11.6 Å². The average molecular weight is 267 g/mol. The van der Waals surface area contributed by atoms with Crippen LogP contribution >= 0.6 is 11.6 Å². The van der Waals surface area contributed by atoms with Gasteiger partial charge in [0.25, 0.3) is 0 Å². The van der Waals surface area contributed by atoms with Crippen LogP contribution in [0.2, 0.25) is 5.02 Å². The first-order chi connectivity index (χ1) is 8.58. The molecule has 0 spiro atoms. The second-order valence-electron chi connectivity index (χ2n) is 5.48. The van der Waals surface area contributed by atoms with Gasteiger partial charge < -0.3 is 10.2 Å². The van der Waals surface area contributed by atoms with Crippen molar-refractivity contribution < 1.29 is 0 Å². The Morgan fingerprint density at radius 3 is 2.78 bits per heavy atom. The number of rotatable bonds is 4. The first-order valence-corrected chi connectivity index (χ1v) is 7.14. The lowest BCUT2D eigenvalue weighted by Gasteiger charge is -2.24. The molecule has 1 atom stereocenters. The van der Waals surface area contributed by atoms with Crippen molar-refractivity contribution in [3.05, 3.63) is 28.3 Å². The molecule has 3 heteroatoms. The molecule has 0 aromatic heterocycles. The minimum Gasteiger partial charge on any atom is -0.373 e. The minimum absolute atomic E-state index is 0.831. The van der Waals surface area contributed by atoms with Crippen LogP contribution in [-0.2, 0) is 0 Å². The van der Waals surface area contributed by atoms with Gasteiger partial charge in [-0.15, -0.1) is 0 Å². The summed E-state index contributed by atoms with van der Waals surface area (Å²) in [6.45, 7) is 7.66. The maximum atomic E-state index is 6.37. The molecule has 18 heavy (non-hydrogen) atoms. The Morgan fingerprint density at radius 2 is 2.17 bits per heavy atom. The van der Waals surface area contributed by atoms with Gasteiger partial charge in [-0.1, -0.05) is 17.7 Å². The zero-order valence-corrected chi connectivity index (χ0v) is 12.3. The normalized spacial score (nSPS) is 19.2. The quantitative estimate of drug-likeness (QED) is 0.899. The fourth-order valence-corrected chi connectivity index (χ4v) is 3.31. The standard InChI is InChI=1S/C15H23ClN2/c1-11-8-12(2)15(14(16)9-11)18(3)7-5-13-4-6-17-10-13/h8-9,13,17H,4-7,10H2,1-3H3. The van der Waals surface area contributed by atoms with Crippen LogP contribution in [0.1, 0.15) is 24.0 Å². The molecule has 1 aliphatic rings. The van der Waals surface area contributed by atoms with Crippen LogP contribution in [0.25, 0.3) is 0 Å². The van der Waals surface area contributed by atoms with E-state index < -0.39 is 0 Å². The van der Waals surface area contributed by atoms with Crippen molar-refractivity contribution in [1.82, 2.24) is 5.32 Å². The van der Waals surface area contributed by atoms with Crippen LogP contribution in [0.5, 0.6) is 0 Å². The number of nitrogens with one attached hydrogen (secondary N) is 1. The molecule has 1 saturated heterocycles. The van der Waals surface area contributed by atoms with Gasteiger partial charge in [0, 0.05) is 13.6 Å². The number of hydrogen-bond donors (Lipinski definition) is 1. The number of hydrogen-bond acceptors (Lipinski definition) is 2. The third-order valence-corrected chi connectivity index (χ3v) is 4.10. The summed E-state index contributed by atoms with van der Waals surface area (Å²) in [4.78, 5) is 2.30. The highest BCUT2D eigenvalue weighted by molar-refractivity contribution is 6.33. The van der Waals surface area contributed by atoms with E-state index in [0.29, 0.717) is 0 Å². The van der Waals surface area contributed by atoms with Gasteiger partial charge in [0.1, 0.15) is 0 Å². The highest BCUT2D eigenvalue weighted by Gasteiger charge is 2.16. The highest BCUT2D eigenvalue weighted by atomic mass is 35.5. The summed E-state index contributed by atoms with van der Waals surface area (Å²) in [6.07, 6.45) is 2.56. The monoisotopic (exact) mass is 266 g/mol. The largest absolute Gasteiger partial charge is 0.373 e. The molecule has 2 rings (SSSR count). The molecule has 1 N–H and O–H groups in total. The SMILES string of the molecule is Cc1cc(C)c(N(C)CCC2CCNC2)c(Cl)c1. The van der Waals surface area contributed by atoms with Crippen LogP contribution in [-0.4, -0.2) is 26.7 Å². The van der Waals surface area contributed by atoms with Gasteiger partial charge in [0.05, 0.1) is 10.7 Å². The fraction of sp³-hybridized carbons (Fsp3) is 0.600. The van der Waals surface area contributed by atoms with E-state index in [2.05, 4.69) is 43.2 Å². The zero-order chi connectivity index (χ0) is 13.1. The maximum absolute atomic E-state index is 6.37. The second kappa shape index (κ2) is 5.94.